The number of benzene rings is 4. The summed E-state index contributed by atoms with van der Waals surface area (Å²) < 4.78 is 51.8. The zero-order valence-electron chi connectivity index (χ0n) is 29.0. The van der Waals surface area contributed by atoms with Gasteiger partial charge in [0.15, 0.2) is 0 Å². The second kappa shape index (κ2) is 18.2. The Kier molecular flexibility index (Phi) is 13.8. The summed E-state index contributed by atoms with van der Waals surface area (Å²) in [5.41, 5.74) is 1.98. The van der Waals surface area contributed by atoms with Crippen LogP contribution in [0.4, 0.5) is 22.7 Å². The summed E-state index contributed by atoms with van der Waals surface area (Å²) >= 11 is 0. The van der Waals surface area contributed by atoms with Crippen LogP contribution < -0.4 is 21.3 Å². The molecule has 4 rings (SSSR count). The number of hydrogen-bond donors (Lipinski definition) is 4. The molecule has 0 radical (unpaired) electrons. The second-order valence-electron chi connectivity index (χ2n) is 12.2. The van der Waals surface area contributed by atoms with Gasteiger partial charge in [0.05, 0.1) is 19.6 Å². The predicted molar refractivity (Wildman–Crippen MR) is 199 cm³/mol. The van der Waals surface area contributed by atoms with E-state index in [0.29, 0.717) is 48.4 Å². The van der Waals surface area contributed by atoms with E-state index in [9.17, 15) is 36.0 Å². The van der Waals surface area contributed by atoms with Crippen LogP contribution in [0.5, 0.6) is 0 Å². The Morgan fingerprint density at radius 3 is 0.865 bits per heavy atom. The number of amides is 4. The Balaban J connectivity index is 1.09. The van der Waals surface area contributed by atoms with E-state index in [1.54, 1.807) is 24.3 Å². The first-order valence-electron chi connectivity index (χ1n) is 16.8. The molecule has 0 unspecified atom stereocenters. The lowest BCUT2D eigenvalue weighted by Gasteiger charge is -2.09. The number of carbonyl (C=O) groups excluding carboxylic acids is 4. The normalized spacial score (nSPS) is 11.3. The van der Waals surface area contributed by atoms with Crippen molar-refractivity contribution in [1.29, 1.82) is 0 Å². The number of rotatable bonds is 17. The number of anilines is 4. The molecule has 0 atom stereocenters. The molecule has 0 bridgehead atoms. The highest BCUT2D eigenvalue weighted by Gasteiger charge is 2.19. The fourth-order valence-corrected chi connectivity index (χ4v) is 7.80. The van der Waals surface area contributed by atoms with Crippen molar-refractivity contribution < 1.29 is 36.0 Å². The molecule has 274 valence electrons. The molecule has 0 fully saturated rings. The van der Waals surface area contributed by atoms with E-state index in [0.717, 1.165) is 25.7 Å². The van der Waals surface area contributed by atoms with Gasteiger partial charge in [-0.1, -0.05) is 25.7 Å². The van der Waals surface area contributed by atoms with Gasteiger partial charge in [-0.25, -0.2) is 16.8 Å². The van der Waals surface area contributed by atoms with E-state index in [1.807, 2.05) is 0 Å². The van der Waals surface area contributed by atoms with Gasteiger partial charge >= 0.3 is 0 Å². The molecule has 0 heterocycles. The molecule has 0 saturated heterocycles. The van der Waals surface area contributed by atoms with Gasteiger partial charge in [0.25, 0.3) is 0 Å². The zero-order chi connectivity index (χ0) is 37.7. The highest BCUT2D eigenvalue weighted by molar-refractivity contribution is 7.91. The molecular weight excluding hydrogens is 705 g/mol. The summed E-state index contributed by atoms with van der Waals surface area (Å²) in [7, 11) is -7.53. The van der Waals surface area contributed by atoms with E-state index in [4.69, 9.17) is 0 Å². The van der Waals surface area contributed by atoms with Crippen molar-refractivity contribution in [3.05, 3.63) is 97.1 Å². The Labute approximate surface area is 304 Å². The number of nitrogens with one attached hydrogen (secondary N) is 4. The van der Waals surface area contributed by atoms with Gasteiger partial charge in [-0.3, -0.25) is 19.2 Å². The van der Waals surface area contributed by atoms with Crippen LogP contribution in [0.25, 0.3) is 0 Å². The Hall–Kier alpha value is -5.34. The first kappa shape index (κ1) is 39.4. The molecule has 12 nitrogen and oxygen atoms in total. The van der Waals surface area contributed by atoms with E-state index in [2.05, 4.69) is 21.3 Å². The molecule has 14 heteroatoms. The Morgan fingerprint density at radius 1 is 0.385 bits per heavy atom. The van der Waals surface area contributed by atoms with Gasteiger partial charge in [-0.05, 0) is 110 Å². The molecule has 4 N–H and O–H groups in total. The fourth-order valence-electron chi connectivity index (χ4n) is 5.27. The zero-order valence-corrected chi connectivity index (χ0v) is 30.6. The van der Waals surface area contributed by atoms with Crippen LogP contribution in [0.15, 0.2) is 117 Å². The molecule has 4 aromatic rings. The topological polar surface area (TPSA) is 185 Å². The minimum absolute atomic E-state index is 0.0857. The smallest absolute Gasteiger partial charge is 0.224 e. The monoisotopic (exact) mass is 746 g/mol. The quantitative estimate of drug-likeness (QED) is 0.0835. The summed E-state index contributed by atoms with van der Waals surface area (Å²) in [5.74, 6) is -0.833. The van der Waals surface area contributed by atoms with Crippen LogP contribution in [0.2, 0.25) is 0 Å². The van der Waals surface area contributed by atoms with Crippen molar-refractivity contribution in [2.24, 2.45) is 0 Å². The van der Waals surface area contributed by atoms with Gasteiger partial charge in [0, 0.05) is 49.4 Å². The lowest BCUT2D eigenvalue weighted by molar-refractivity contribution is -0.117. The van der Waals surface area contributed by atoms with Crippen molar-refractivity contribution in [1.82, 2.24) is 0 Å². The van der Waals surface area contributed by atoms with Crippen molar-refractivity contribution in [2.45, 2.75) is 84.8 Å². The third-order valence-corrected chi connectivity index (χ3v) is 11.5. The minimum Gasteiger partial charge on any atom is -0.326 e. The van der Waals surface area contributed by atoms with Crippen LogP contribution in [0.1, 0.15) is 65.2 Å². The highest BCUT2D eigenvalue weighted by atomic mass is 32.2. The number of hydrogen-bond acceptors (Lipinski definition) is 8. The van der Waals surface area contributed by atoms with Gasteiger partial charge in [-0.15, -0.1) is 0 Å². The van der Waals surface area contributed by atoms with Crippen LogP contribution in [0.3, 0.4) is 0 Å². The number of unbranched alkanes of at least 4 members (excludes halogenated alkanes) is 5. The molecule has 0 saturated carbocycles. The molecule has 0 aliphatic heterocycles. The molecule has 52 heavy (non-hydrogen) atoms. The van der Waals surface area contributed by atoms with Crippen LogP contribution in [-0.2, 0) is 38.9 Å². The standard InChI is InChI=1S/C38H42N4O8S2/c1-27(43)39-29-11-19-33(20-12-29)51(47,48)35-23-15-31(16-24-35)41-37(45)9-7-5-3-4-6-8-10-38(46)42-32-17-25-36(26-18-32)52(49,50)34-21-13-30(14-22-34)40-28(2)44/h11-26H,3-10H2,1-2H3,(H,39,43)(H,40,44)(H,41,45)(H,42,46). The first-order valence-corrected chi connectivity index (χ1v) is 19.8. The summed E-state index contributed by atoms with van der Waals surface area (Å²) in [5, 5.41) is 10.8. The first-order chi connectivity index (χ1) is 24.7. The van der Waals surface area contributed by atoms with Gasteiger partial charge in [-0.2, -0.15) is 0 Å². The largest absolute Gasteiger partial charge is 0.326 e. The third-order valence-electron chi connectivity index (χ3n) is 7.92. The second-order valence-corrected chi connectivity index (χ2v) is 16.1. The van der Waals surface area contributed by atoms with E-state index < -0.39 is 19.7 Å². The van der Waals surface area contributed by atoms with Crippen LogP contribution in [0, 0.1) is 0 Å². The minimum atomic E-state index is -3.77. The summed E-state index contributed by atoms with van der Waals surface area (Å²) in [6.45, 7) is 2.73. The fraction of sp³-hybridized carbons (Fsp3) is 0.263. The lowest BCUT2D eigenvalue weighted by Crippen LogP contribution is -2.11. The highest BCUT2D eigenvalue weighted by Crippen LogP contribution is 2.25. The molecule has 0 aliphatic rings. The van der Waals surface area contributed by atoms with E-state index >= 15 is 0 Å². The van der Waals surface area contributed by atoms with Gasteiger partial charge < -0.3 is 21.3 Å². The van der Waals surface area contributed by atoms with Crippen molar-refractivity contribution in [2.75, 3.05) is 21.3 Å². The molecule has 4 amide bonds. The summed E-state index contributed by atoms with van der Waals surface area (Å²) in [6, 6.07) is 23.7. The van der Waals surface area contributed by atoms with Crippen LogP contribution in [-0.4, -0.2) is 40.5 Å². The predicted octanol–water partition coefficient (Wildman–Crippen LogP) is 6.97. The Bertz CT molecular complexity index is 1930. The SMILES string of the molecule is CC(=O)Nc1ccc(S(=O)(=O)c2ccc(NC(=O)CCCCCCCCC(=O)Nc3ccc(S(=O)(=O)c4ccc(NC(C)=O)cc4)cc3)cc2)cc1. The molecule has 0 spiro atoms. The molecular formula is C38H42N4O8S2. The average Bonchev–Trinajstić information content (AvgIpc) is 3.10. The maximum atomic E-state index is 13.0. The van der Waals surface area contributed by atoms with E-state index in [1.165, 1.54) is 86.6 Å². The lowest BCUT2D eigenvalue weighted by atomic mass is 10.1. The number of carbonyl (C=O) groups is 4. The van der Waals surface area contributed by atoms with E-state index in [-0.39, 0.29) is 43.2 Å². The maximum absolute atomic E-state index is 13.0. The van der Waals surface area contributed by atoms with Crippen LogP contribution >= 0.6 is 0 Å². The number of sulfone groups is 2. The van der Waals surface area contributed by atoms with Gasteiger partial charge in [0.1, 0.15) is 0 Å². The summed E-state index contributed by atoms with van der Waals surface area (Å²) in [4.78, 5) is 47.6. The van der Waals surface area contributed by atoms with Gasteiger partial charge in [0.2, 0.25) is 43.3 Å². The molecule has 4 aromatic carbocycles. The molecule has 0 aliphatic carbocycles. The molecule has 0 aromatic heterocycles. The summed E-state index contributed by atoms with van der Waals surface area (Å²) in [6.07, 6.45) is 5.58. The maximum Gasteiger partial charge on any atom is 0.224 e. The van der Waals surface area contributed by atoms with Crippen molar-refractivity contribution in [3.63, 3.8) is 0 Å². The van der Waals surface area contributed by atoms with Crippen molar-refractivity contribution in [3.8, 4) is 0 Å². The Morgan fingerprint density at radius 2 is 0.615 bits per heavy atom. The van der Waals surface area contributed by atoms with Crippen molar-refractivity contribution >= 4 is 66.1 Å². The third kappa shape index (κ3) is 11.6. The average molecular weight is 747 g/mol.